The molecule has 2 aliphatic rings. The molecule has 8 heteroatoms. The standard InChI is InChI=1S/C21H18BrN5O2/c1-2-29-20(28)27-8-7-15-16(9-23)19(26)21(11-24,12-25)18(17(15)10-27)13-3-5-14(22)6-4-13/h3-7,17-18H,2,8,10,26H2,1H3. The molecule has 1 heterocycles. The lowest BCUT2D eigenvalue weighted by atomic mass is 9.58. The molecule has 1 aromatic carbocycles. The van der Waals surface area contributed by atoms with Crippen LogP contribution < -0.4 is 5.73 Å². The second kappa shape index (κ2) is 7.99. The van der Waals surface area contributed by atoms with E-state index < -0.39 is 23.3 Å². The van der Waals surface area contributed by atoms with Crippen molar-refractivity contribution in [2.45, 2.75) is 12.8 Å². The summed E-state index contributed by atoms with van der Waals surface area (Å²) in [6.07, 6.45) is 1.29. The predicted molar refractivity (Wildman–Crippen MR) is 108 cm³/mol. The summed E-state index contributed by atoms with van der Waals surface area (Å²) in [5.74, 6) is -1.10. The summed E-state index contributed by atoms with van der Waals surface area (Å²) >= 11 is 3.39. The summed E-state index contributed by atoms with van der Waals surface area (Å²) in [6, 6.07) is 13.5. The molecule has 3 rings (SSSR count). The maximum atomic E-state index is 12.3. The first-order chi connectivity index (χ1) is 13.9. The molecule has 7 nitrogen and oxygen atoms in total. The third kappa shape index (κ3) is 3.24. The molecule has 0 aromatic heterocycles. The summed E-state index contributed by atoms with van der Waals surface area (Å²) < 4.78 is 5.97. The molecule has 0 fully saturated rings. The van der Waals surface area contributed by atoms with E-state index in [0.29, 0.717) is 5.57 Å². The van der Waals surface area contributed by atoms with Gasteiger partial charge in [0.2, 0.25) is 0 Å². The van der Waals surface area contributed by atoms with Crippen LogP contribution in [0.4, 0.5) is 4.79 Å². The minimum Gasteiger partial charge on any atom is -0.450 e. The van der Waals surface area contributed by atoms with Gasteiger partial charge in [0.05, 0.1) is 30.0 Å². The maximum absolute atomic E-state index is 12.3. The molecule has 29 heavy (non-hydrogen) atoms. The van der Waals surface area contributed by atoms with E-state index in [1.807, 2.05) is 24.3 Å². The van der Waals surface area contributed by atoms with Crippen LogP contribution in [-0.2, 0) is 4.74 Å². The minimum atomic E-state index is -1.72. The third-order valence-electron chi connectivity index (χ3n) is 5.42. The van der Waals surface area contributed by atoms with Gasteiger partial charge in [-0.25, -0.2) is 4.79 Å². The normalized spacial score (nSPS) is 22.4. The van der Waals surface area contributed by atoms with Gasteiger partial charge in [-0.1, -0.05) is 34.1 Å². The molecular formula is C21H18BrN5O2. The average Bonchev–Trinajstić information content (AvgIpc) is 2.74. The van der Waals surface area contributed by atoms with Crippen LogP contribution in [0, 0.1) is 45.3 Å². The molecule has 1 aliphatic heterocycles. The predicted octanol–water partition coefficient (Wildman–Crippen LogP) is 3.33. The maximum Gasteiger partial charge on any atom is 0.410 e. The Morgan fingerprint density at radius 2 is 1.97 bits per heavy atom. The van der Waals surface area contributed by atoms with Gasteiger partial charge < -0.3 is 15.4 Å². The summed E-state index contributed by atoms with van der Waals surface area (Å²) in [4.78, 5) is 13.8. The topological polar surface area (TPSA) is 127 Å². The fraction of sp³-hybridized carbons (Fsp3) is 0.333. The Bertz CT molecular complexity index is 1010. The van der Waals surface area contributed by atoms with Gasteiger partial charge >= 0.3 is 6.09 Å². The Hall–Kier alpha value is -3.28. The smallest absolute Gasteiger partial charge is 0.410 e. The number of nitriles is 3. The fourth-order valence-corrected chi connectivity index (χ4v) is 4.35. The highest BCUT2D eigenvalue weighted by atomic mass is 79.9. The van der Waals surface area contributed by atoms with Crippen molar-refractivity contribution in [2.75, 3.05) is 19.7 Å². The third-order valence-corrected chi connectivity index (χ3v) is 5.95. The van der Waals surface area contributed by atoms with Crippen molar-refractivity contribution in [2.24, 2.45) is 17.1 Å². The first-order valence-electron chi connectivity index (χ1n) is 9.03. The van der Waals surface area contributed by atoms with Crippen molar-refractivity contribution in [1.29, 1.82) is 15.8 Å². The zero-order chi connectivity index (χ0) is 21.2. The van der Waals surface area contributed by atoms with Gasteiger partial charge in [-0.05, 0) is 30.2 Å². The molecule has 2 unspecified atom stereocenters. The van der Waals surface area contributed by atoms with E-state index in [0.717, 1.165) is 10.0 Å². The van der Waals surface area contributed by atoms with E-state index in [9.17, 15) is 20.6 Å². The molecule has 1 aliphatic carbocycles. The number of benzene rings is 1. The van der Waals surface area contributed by atoms with Gasteiger partial charge in [-0.3, -0.25) is 0 Å². The van der Waals surface area contributed by atoms with Crippen LogP contribution in [0.1, 0.15) is 18.4 Å². The van der Waals surface area contributed by atoms with Crippen LogP contribution in [-0.4, -0.2) is 30.7 Å². The molecule has 0 saturated heterocycles. The number of carbonyl (C=O) groups excluding carboxylic acids is 1. The first kappa shape index (κ1) is 20.5. The van der Waals surface area contributed by atoms with Crippen LogP contribution in [0.15, 0.2) is 51.7 Å². The molecule has 2 N–H and O–H groups in total. The van der Waals surface area contributed by atoms with Crippen molar-refractivity contribution in [1.82, 2.24) is 4.90 Å². The van der Waals surface area contributed by atoms with Gasteiger partial charge in [0.15, 0.2) is 5.41 Å². The van der Waals surface area contributed by atoms with Crippen molar-refractivity contribution in [3.05, 3.63) is 57.2 Å². The Balaban J connectivity index is 2.23. The number of halogens is 1. The van der Waals surface area contributed by atoms with Crippen LogP contribution in [0.25, 0.3) is 0 Å². The van der Waals surface area contributed by atoms with Gasteiger partial charge in [-0.15, -0.1) is 0 Å². The van der Waals surface area contributed by atoms with Gasteiger partial charge in [-0.2, -0.15) is 15.8 Å². The van der Waals surface area contributed by atoms with E-state index in [1.165, 1.54) is 4.90 Å². The summed E-state index contributed by atoms with van der Waals surface area (Å²) in [5.41, 5.74) is 6.04. The summed E-state index contributed by atoms with van der Waals surface area (Å²) in [7, 11) is 0. The number of amides is 1. The highest BCUT2D eigenvalue weighted by Gasteiger charge is 2.54. The van der Waals surface area contributed by atoms with E-state index in [2.05, 4.69) is 34.1 Å². The highest BCUT2D eigenvalue weighted by Crippen LogP contribution is 2.54. The number of nitrogens with two attached hydrogens (primary N) is 1. The van der Waals surface area contributed by atoms with E-state index in [-0.39, 0.29) is 31.0 Å². The number of nitrogens with zero attached hydrogens (tertiary/aromatic N) is 4. The zero-order valence-corrected chi connectivity index (χ0v) is 17.3. The van der Waals surface area contributed by atoms with E-state index in [4.69, 9.17) is 10.5 Å². The number of rotatable bonds is 2. The Morgan fingerprint density at radius 1 is 1.31 bits per heavy atom. The first-order valence-corrected chi connectivity index (χ1v) is 9.83. The Kier molecular flexibility index (Phi) is 5.64. The number of carbonyl (C=O) groups is 1. The molecule has 0 saturated carbocycles. The number of ether oxygens (including phenoxy) is 1. The molecule has 0 radical (unpaired) electrons. The molecule has 0 spiro atoms. The van der Waals surface area contributed by atoms with Crippen molar-refractivity contribution in [3.8, 4) is 18.2 Å². The highest BCUT2D eigenvalue weighted by molar-refractivity contribution is 9.10. The molecular weight excluding hydrogens is 434 g/mol. The largest absolute Gasteiger partial charge is 0.450 e. The van der Waals surface area contributed by atoms with Gasteiger partial charge in [0.25, 0.3) is 0 Å². The van der Waals surface area contributed by atoms with E-state index in [1.54, 1.807) is 13.0 Å². The van der Waals surface area contributed by atoms with Gasteiger partial charge in [0.1, 0.15) is 6.07 Å². The summed E-state index contributed by atoms with van der Waals surface area (Å²) in [5, 5.41) is 29.8. The van der Waals surface area contributed by atoms with Crippen molar-refractivity contribution in [3.63, 3.8) is 0 Å². The number of allylic oxidation sites excluding steroid dienone is 2. The monoisotopic (exact) mass is 451 g/mol. The molecule has 1 aromatic rings. The lowest BCUT2D eigenvalue weighted by molar-refractivity contribution is 0.0999. The fourth-order valence-electron chi connectivity index (χ4n) is 4.09. The molecule has 146 valence electrons. The second-order valence-corrected chi connectivity index (χ2v) is 7.75. The molecule has 1 amide bonds. The lowest BCUT2D eigenvalue weighted by Crippen LogP contribution is -2.49. The number of fused-ring (bicyclic) bond motifs is 1. The number of hydrogen-bond donors (Lipinski definition) is 1. The van der Waals surface area contributed by atoms with Crippen LogP contribution >= 0.6 is 15.9 Å². The second-order valence-electron chi connectivity index (χ2n) is 6.83. The SMILES string of the molecule is CCOC(=O)N1CC=C2C(C#N)=C(N)C(C#N)(C#N)C(c3ccc(Br)cc3)C2C1. The van der Waals surface area contributed by atoms with Crippen LogP contribution in [0.5, 0.6) is 0 Å². The quantitative estimate of drug-likeness (QED) is 0.734. The van der Waals surface area contributed by atoms with Crippen LogP contribution in [0.3, 0.4) is 0 Å². The molecule has 2 atom stereocenters. The lowest BCUT2D eigenvalue weighted by Gasteiger charge is -2.45. The molecule has 0 bridgehead atoms. The number of hydrogen-bond acceptors (Lipinski definition) is 6. The zero-order valence-electron chi connectivity index (χ0n) is 15.7. The Morgan fingerprint density at radius 3 is 2.52 bits per heavy atom. The van der Waals surface area contributed by atoms with Crippen molar-refractivity contribution < 1.29 is 9.53 Å². The summed E-state index contributed by atoms with van der Waals surface area (Å²) in [6.45, 7) is 2.45. The van der Waals surface area contributed by atoms with E-state index >= 15 is 0 Å². The Labute approximate surface area is 177 Å². The van der Waals surface area contributed by atoms with Crippen molar-refractivity contribution >= 4 is 22.0 Å². The average molecular weight is 452 g/mol. The minimum absolute atomic E-state index is 0.0370. The van der Waals surface area contributed by atoms with Crippen LogP contribution in [0.2, 0.25) is 0 Å². The van der Waals surface area contributed by atoms with Gasteiger partial charge in [0, 0.05) is 29.4 Å².